The molecule has 2 heterocycles. The summed E-state index contributed by atoms with van der Waals surface area (Å²) in [4.78, 5) is 11.8. The SMILES string of the molecule is CCc1nnc2ccc(C(=O)NCC(C)O)cn12. The molecule has 0 bridgehead atoms. The van der Waals surface area contributed by atoms with Gasteiger partial charge >= 0.3 is 0 Å². The normalized spacial score (nSPS) is 12.6. The molecule has 0 aliphatic heterocycles. The average molecular weight is 248 g/mol. The maximum absolute atomic E-state index is 11.8. The van der Waals surface area contributed by atoms with Crippen LogP contribution in [-0.4, -0.2) is 38.3 Å². The van der Waals surface area contributed by atoms with Crippen molar-refractivity contribution in [1.29, 1.82) is 0 Å². The zero-order chi connectivity index (χ0) is 13.1. The second-order valence-corrected chi connectivity index (χ2v) is 4.17. The van der Waals surface area contributed by atoms with Gasteiger partial charge in [0, 0.05) is 19.2 Å². The van der Waals surface area contributed by atoms with E-state index < -0.39 is 6.10 Å². The fourth-order valence-electron chi connectivity index (χ4n) is 1.66. The van der Waals surface area contributed by atoms with Gasteiger partial charge in [0.05, 0.1) is 11.7 Å². The second kappa shape index (κ2) is 5.14. The van der Waals surface area contributed by atoms with Crippen LogP contribution in [0.25, 0.3) is 5.65 Å². The van der Waals surface area contributed by atoms with Crippen LogP contribution < -0.4 is 5.32 Å². The Balaban J connectivity index is 2.25. The fraction of sp³-hybridized carbons (Fsp3) is 0.417. The lowest BCUT2D eigenvalue weighted by atomic mass is 10.2. The number of carbonyl (C=O) groups is 1. The summed E-state index contributed by atoms with van der Waals surface area (Å²) in [6.45, 7) is 3.84. The van der Waals surface area contributed by atoms with E-state index in [0.29, 0.717) is 5.56 Å². The third-order valence-corrected chi connectivity index (χ3v) is 2.61. The highest BCUT2D eigenvalue weighted by Crippen LogP contribution is 2.07. The number of carbonyl (C=O) groups excluding carboxylic acids is 1. The van der Waals surface area contributed by atoms with E-state index in [1.165, 1.54) is 0 Å². The van der Waals surface area contributed by atoms with Crippen LogP contribution in [-0.2, 0) is 6.42 Å². The first-order valence-corrected chi connectivity index (χ1v) is 5.91. The standard InChI is InChI=1S/C12H16N4O2/c1-3-10-14-15-11-5-4-9(7-16(10)11)12(18)13-6-8(2)17/h4-5,7-8,17H,3,6H2,1-2H3,(H,13,18). The van der Waals surface area contributed by atoms with E-state index in [0.717, 1.165) is 17.9 Å². The van der Waals surface area contributed by atoms with Crippen LogP contribution in [0.5, 0.6) is 0 Å². The molecular formula is C12H16N4O2. The lowest BCUT2D eigenvalue weighted by Crippen LogP contribution is -2.30. The number of aliphatic hydroxyl groups is 1. The van der Waals surface area contributed by atoms with Crippen molar-refractivity contribution in [3.63, 3.8) is 0 Å². The van der Waals surface area contributed by atoms with Gasteiger partial charge in [-0.2, -0.15) is 0 Å². The molecule has 2 aromatic heterocycles. The molecule has 6 heteroatoms. The third-order valence-electron chi connectivity index (χ3n) is 2.61. The van der Waals surface area contributed by atoms with Crippen LogP contribution in [0.2, 0.25) is 0 Å². The van der Waals surface area contributed by atoms with Crippen LogP contribution >= 0.6 is 0 Å². The Morgan fingerprint density at radius 3 is 2.94 bits per heavy atom. The van der Waals surface area contributed by atoms with Crippen LogP contribution in [0.15, 0.2) is 18.3 Å². The second-order valence-electron chi connectivity index (χ2n) is 4.17. The minimum atomic E-state index is -0.557. The molecule has 96 valence electrons. The molecule has 0 fully saturated rings. The minimum absolute atomic E-state index is 0.214. The molecule has 0 saturated heterocycles. The first kappa shape index (κ1) is 12.5. The molecule has 18 heavy (non-hydrogen) atoms. The highest BCUT2D eigenvalue weighted by atomic mass is 16.3. The van der Waals surface area contributed by atoms with Gasteiger partial charge in [0.15, 0.2) is 5.65 Å². The molecule has 1 atom stereocenters. The third kappa shape index (κ3) is 2.48. The van der Waals surface area contributed by atoms with Crippen LogP contribution in [0.4, 0.5) is 0 Å². The molecule has 1 unspecified atom stereocenters. The Morgan fingerprint density at radius 1 is 1.50 bits per heavy atom. The van der Waals surface area contributed by atoms with Gasteiger partial charge in [0.2, 0.25) is 0 Å². The quantitative estimate of drug-likeness (QED) is 0.821. The highest BCUT2D eigenvalue weighted by Gasteiger charge is 2.09. The number of hydrogen-bond acceptors (Lipinski definition) is 4. The van der Waals surface area contributed by atoms with E-state index in [-0.39, 0.29) is 12.5 Å². The molecule has 2 N–H and O–H groups in total. The lowest BCUT2D eigenvalue weighted by molar-refractivity contribution is 0.0923. The molecule has 1 amide bonds. The van der Waals surface area contributed by atoms with Gasteiger partial charge in [-0.05, 0) is 19.1 Å². The molecule has 2 aromatic rings. The molecule has 0 saturated carbocycles. The van der Waals surface area contributed by atoms with Crippen LogP contribution in [0.1, 0.15) is 30.0 Å². The highest BCUT2D eigenvalue weighted by molar-refractivity contribution is 5.94. The minimum Gasteiger partial charge on any atom is -0.392 e. The summed E-state index contributed by atoms with van der Waals surface area (Å²) in [5, 5.41) is 19.8. The van der Waals surface area contributed by atoms with E-state index >= 15 is 0 Å². The van der Waals surface area contributed by atoms with E-state index in [1.807, 2.05) is 6.92 Å². The Kier molecular flexibility index (Phi) is 3.57. The van der Waals surface area contributed by atoms with Crippen molar-refractivity contribution in [2.75, 3.05) is 6.54 Å². The number of aryl methyl sites for hydroxylation is 1. The number of nitrogens with zero attached hydrogens (tertiary/aromatic N) is 3. The molecule has 6 nitrogen and oxygen atoms in total. The Morgan fingerprint density at radius 2 is 2.28 bits per heavy atom. The smallest absolute Gasteiger partial charge is 0.252 e. The van der Waals surface area contributed by atoms with Crippen LogP contribution in [0.3, 0.4) is 0 Å². The number of aromatic nitrogens is 3. The predicted molar refractivity (Wildman–Crippen MR) is 66.4 cm³/mol. The van der Waals surface area contributed by atoms with E-state index in [2.05, 4.69) is 15.5 Å². The number of hydrogen-bond donors (Lipinski definition) is 2. The number of nitrogens with one attached hydrogen (secondary N) is 1. The van der Waals surface area contributed by atoms with Gasteiger partial charge in [-0.3, -0.25) is 9.20 Å². The summed E-state index contributed by atoms with van der Waals surface area (Å²) in [5.74, 6) is 0.601. The first-order valence-electron chi connectivity index (χ1n) is 5.91. The number of pyridine rings is 1. The number of rotatable bonds is 4. The Labute approximate surface area is 105 Å². The zero-order valence-electron chi connectivity index (χ0n) is 10.4. The number of aliphatic hydroxyl groups excluding tert-OH is 1. The summed E-state index contributed by atoms with van der Waals surface area (Å²) in [7, 11) is 0. The van der Waals surface area contributed by atoms with Gasteiger partial charge in [0.25, 0.3) is 5.91 Å². The Hall–Kier alpha value is -1.95. The van der Waals surface area contributed by atoms with Gasteiger partial charge in [-0.25, -0.2) is 0 Å². The maximum atomic E-state index is 11.8. The molecule has 0 aliphatic rings. The van der Waals surface area contributed by atoms with Gasteiger partial charge in [0.1, 0.15) is 5.82 Å². The van der Waals surface area contributed by atoms with Crippen molar-refractivity contribution in [1.82, 2.24) is 19.9 Å². The molecular weight excluding hydrogens is 232 g/mol. The molecule has 2 rings (SSSR count). The van der Waals surface area contributed by atoms with E-state index in [1.54, 1.807) is 29.7 Å². The van der Waals surface area contributed by atoms with E-state index in [9.17, 15) is 4.79 Å². The summed E-state index contributed by atoms with van der Waals surface area (Å²) in [5.41, 5.74) is 1.25. The van der Waals surface area contributed by atoms with Gasteiger partial charge in [-0.1, -0.05) is 6.92 Å². The lowest BCUT2D eigenvalue weighted by Gasteiger charge is -2.07. The maximum Gasteiger partial charge on any atom is 0.252 e. The van der Waals surface area contributed by atoms with Crippen molar-refractivity contribution in [3.05, 3.63) is 29.7 Å². The van der Waals surface area contributed by atoms with Crippen molar-refractivity contribution in [3.8, 4) is 0 Å². The summed E-state index contributed by atoms with van der Waals surface area (Å²) in [6.07, 6.45) is 1.91. The largest absolute Gasteiger partial charge is 0.392 e. The van der Waals surface area contributed by atoms with Crippen molar-refractivity contribution in [2.24, 2.45) is 0 Å². The van der Waals surface area contributed by atoms with Gasteiger partial charge < -0.3 is 10.4 Å². The van der Waals surface area contributed by atoms with Crippen molar-refractivity contribution in [2.45, 2.75) is 26.4 Å². The molecule has 0 aromatic carbocycles. The fourth-order valence-corrected chi connectivity index (χ4v) is 1.66. The van der Waals surface area contributed by atoms with Crippen LogP contribution in [0, 0.1) is 0 Å². The number of fused-ring (bicyclic) bond motifs is 1. The topological polar surface area (TPSA) is 79.5 Å². The monoisotopic (exact) mass is 248 g/mol. The Bertz CT molecular complexity index is 562. The zero-order valence-corrected chi connectivity index (χ0v) is 10.4. The summed E-state index contributed by atoms with van der Waals surface area (Å²) >= 11 is 0. The van der Waals surface area contributed by atoms with Gasteiger partial charge in [-0.15, -0.1) is 10.2 Å². The van der Waals surface area contributed by atoms with Crippen molar-refractivity contribution >= 4 is 11.6 Å². The number of amides is 1. The molecule has 0 aliphatic carbocycles. The first-order chi connectivity index (χ1) is 8.61. The van der Waals surface area contributed by atoms with Crippen molar-refractivity contribution < 1.29 is 9.90 Å². The molecule has 0 spiro atoms. The average Bonchev–Trinajstić information content (AvgIpc) is 2.77. The predicted octanol–water partition coefficient (Wildman–Crippen LogP) is 0.402. The molecule has 0 radical (unpaired) electrons. The van der Waals surface area contributed by atoms with E-state index in [4.69, 9.17) is 5.11 Å². The summed E-state index contributed by atoms with van der Waals surface area (Å²) < 4.78 is 1.80. The summed E-state index contributed by atoms with van der Waals surface area (Å²) in [6, 6.07) is 3.45.